The first-order chi connectivity index (χ1) is 6.34. The molecule has 0 radical (unpaired) electrons. The molecule has 4 heteroatoms. The lowest BCUT2D eigenvalue weighted by Crippen LogP contribution is -2.47. The normalized spacial score (nSPS) is 12.8. The second-order valence-corrected chi connectivity index (χ2v) is 4.05. The number of amides is 2. The number of nitrogens with one attached hydrogen (secondary N) is 2. The molecule has 0 saturated carbocycles. The van der Waals surface area contributed by atoms with E-state index in [4.69, 9.17) is 0 Å². The van der Waals surface area contributed by atoms with Gasteiger partial charge in [0.1, 0.15) is 6.04 Å². The first-order valence-electron chi connectivity index (χ1n) is 4.95. The van der Waals surface area contributed by atoms with Crippen LogP contribution in [0.4, 0.5) is 0 Å². The van der Waals surface area contributed by atoms with E-state index >= 15 is 0 Å². The first-order valence-corrected chi connectivity index (χ1v) is 4.95. The van der Waals surface area contributed by atoms with Crippen LogP contribution < -0.4 is 10.6 Å². The molecule has 0 aliphatic rings. The maximum atomic E-state index is 11.4. The molecule has 0 spiro atoms. The van der Waals surface area contributed by atoms with Gasteiger partial charge in [-0.3, -0.25) is 9.59 Å². The Bertz CT molecular complexity index is 212. The van der Waals surface area contributed by atoms with Crippen LogP contribution in [0, 0.1) is 5.92 Å². The molecule has 0 aromatic rings. The molecule has 0 bridgehead atoms. The molecule has 0 rings (SSSR count). The number of carbonyl (C=O) groups excluding carboxylic acids is 2. The largest absolute Gasteiger partial charge is 0.352 e. The van der Waals surface area contributed by atoms with Crippen LogP contribution in [0.2, 0.25) is 0 Å². The van der Waals surface area contributed by atoms with Crippen LogP contribution in [0.25, 0.3) is 0 Å². The summed E-state index contributed by atoms with van der Waals surface area (Å²) in [5.41, 5.74) is 0. The van der Waals surface area contributed by atoms with E-state index in [1.54, 1.807) is 20.8 Å². The van der Waals surface area contributed by atoms with E-state index in [0.717, 1.165) is 0 Å². The number of hydrogen-bond acceptors (Lipinski definition) is 2. The van der Waals surface area contributed by atoms with Crippen LogP contribution in [-0.4, -0.2) is 23.9 Å². The second kappa shape index (κ2) is 5.62. The molecule has 2 amide bonds. The van der Waals surface area contributed by atoms with Crippen molar-refractivity contribution in [3.8, 4) is 0 Å². The fraction of sp³-hybridized carbons (Fsp3) is 0.800. The summed E-state index contributed by atoms with van der Waals surface area (Å²) in [5.74, 6) is -0.338. The van der Waals surface area contributed by atoms with Crippen LogP contribution in [0.5, 0.6) is 0 Å². The maximum Gasteiger partial charge on any atom is 0.242 e. The first kappa shape index (κ1) is 12.9. The Hall–Kier alpha value is -1.06. The van der Waals surface area contributed by atoms with Crippen molar-refractivity contribution in [3.05, 3.63) is 0 Å². The third-order valence-corrected chi connectivity index (χ3v) is 1.71. The lowest BCUT2D eigenvalue weighted by Gasteiger charge is -2.17. The van der Waals surface area contributed by atoms with Crippen LogP contribution in [0.15, 0.2) is 0 Å². The van der Waals surface area contributed by atoms with Gasteiger partial charge in [-0.25, -0.2) is 0 Å². The topological polar surface area (TPSA) is 58.2 Å². The fourth-order valence-electron chi connectivity index (χ4n) is 0.855. The van der Waals surface area contributed by atoms with Gasteiger partial charge < -0.3 is 10.6 Å². The smallest absolute Gasteiger partial charge is 0.242 e. The van der Waals surface area contributed by atoms with Gasteiger partial charge in [-0.05, 0) is 20.8 Å². The van der Waals surface area contributed by atoms with E-state index in [-0.39, 0.29) is 23.8 Å². The Kier molecular flexibility index (Phi) is 5.20. The zero-order valence-electron chi connectivity index (χ0n) is 9.55. The van der Waals surface area contributed by atoms with Crippen molar-refractivity contribution in [2.45, 2.75) is 46.7 Å². The molecule has 0 aliphatic heterocycles. The Labute approximate surface area is 85.4 Å². The van der Waals surface area contributed by atoms with Crippen molar-refractivity contribution in [3.63, 3.8) is 0 Å². The molecule has 0 aromatic heterocycles. The van der Waals surface area contributed by atoms with Crippen molar-refractivity contribution in [2.24, 2.45) is 5.92 Å². The molecule has 1 atom stereocenters. The molecule has 0 saturated heterocycles. The number of rotatable bonds is 4. The summed E-state index contributed by atoms with van der Waals surface area (Å²) in [6.45, 7) is 9.03. The summed E-state index contributed by atoms with van der Waals surface area (Å²) in [5, 5.41) is 5.37. The summed E-state index contributed by atoms with van der Waals surface area (Å²) in [6, 6.07) is -0.367. The molecular formula is C10H20N2O2. The Balaban J connectivity index is 4.01. The zero-order valence-corrected chi connectivity index (χ0v) is 9.55. The Morgan fingerprint density at radius 3 is 1.71 bits per heavy atom. The second-order valence-electron chi connectivity index (χ2n) is 4.05. The third-order valence-electron chi connectivity index (χ3n) is 1.71. The molecule has 0 heterocycles. The fourth-order valence-corrected chi connectivity index (χ4v) is 0.855. The third kappa shape index (κ3) is 4.84. The molecule has 0 aliphatic carbocycles. The van der Waals surface area contributed by atoms with Gasteiger partial charge in [-0.2, -0.15) is 0 Å². The van der Waals surface area contributed by atoms with Crippen molar-refractivity contribution in [2.75, 3.05) is 0 Å². The molecule has 0 aromatic carbocycles. The lowest BCUT2D eigenvalue weighted by atomic mass is 10.2. The lowest BCUT2D eigenvalue weighted by molar-refractivity contribution is -0.130. The van der Waals surface area contributed by atoms with Gasteiger partial charge in [0.25, 0.3) is 0 Å². The highest BCUT2D eigenvalue weighted by Gasteiger charge is 2.17. The zero-order chi connectivity index (χ0) is 11.3. The van der Waals surface area contributed by atoms with Gasteiger partial charge in [0.15, 0.2) is 0 Å². The van der Waals surface area contributed by atoms with Crippen molar-refractivity contribution in [1.82, 2.24) is 10.6 Å². The predicted octanol–water partition coefficient (Wildman–Crippen LogP) is 0.672. The average molecular weight is 200 g/mol. The molecule has 1 unspecified atom stereocenters. The van der Waals surface area contributed by atoms with Gasteiger partial charge in [0.2, 0.25) is 11.8 Å². The van der Waals surface area contributed by atoms with Gasteiger partial charge >= 0.3 is 0 Å². The van der Waals surface area contributed by atoms with Gasteiger partial charge in [-0.1, -0.05) is 13.8 Å². The minimum Gasteiger partial charge on any atom is -0.352 e. The highest BCUT2D eigenvalue weighted by molar-refractivity contribution is 5.87. The molecule has 0 fully saturated rings. The quantitative estimate of drug-likeness (QED) is 0.701. The highest BCUT2D eigenvalue weighted by Crippen LogP contribution is 1.93. The van der Waals surface area contributed by atoms with Crippen LogP contribution in [0.3, 0.4) is 0 Å². The van der Waals surface area contributed by atoms with E-state index < -0.39 is 6.04 Å². The molecule has 4 nitrogen and oxygen atoms in total. The SMILES string of the molecule is CC(C)NC(=O)C(C)NC(=O)C(C)C. The van der Waals surface area contributed by atoms with Crippen molar-refractivity contribution in [1.29, 1.82) is 0 Å². The van der Waals surface area contributed by atoms with Crippen molar-refractivity contribution >= 4 is 11.8 Å². The van der Waals surface area contributed by atoms with Gasteiger partial charge in [0.05, 0.1) is 0 Å². The van der Waals surface area contributed by atoms with E-state index in [0.29, 0.717) is 0 Å². The van der Waals surface area contributed by atoms with E-state index in [2.05, 4.69) is 10.6 Å². The number of hydrogen-bond donors (Lipinski definition) is 2. The monoisotopic (exact) mass is 200 g/mol. The molecule has 14 heavy (non-hydrogen) atoms. The van der Waals surface area contributed by atoms with Gasteiger partial charge in [0, 0.05) is 12.0 Å². The summed E-state index contributed by atoms with van der Waals surface area (Å²) in [7, 11) is 0. The number of carbonyl (C=O) groups is 2. The standard InChI is InChI=1S/C10H20N2O2/c1-6(2)9(13)12-8(5)10(14)11-7(3)4/h6-8H,1-5H3,(H,11,14)(H,12,13). The Morgan fingerprint density at radius 1 is 0.857 bits per heavy atom. The van der Waals surface area contributed by atoms with Crippen molar-refractivity contribution < 1.29 is 9.59 Å². The minimum atomic E-state index is -0.465. The van der Waals surface area contributed by atoms with Gasteiger partial charge in [-0.15, -0.1) is 0 Å². The summed E-state index contributed by atoms with van der Waals surface area (Å²) < 4.78 is 0. The van der Waals surface area contributed by atoms with E-state index in [1.807, 2.05) is 13.8 Å². The molecule has 82 valence electrons. The predicted molar refractivity (Wildman–Crippen MR) is 55.7 cm³/mol. The van der Waals surface area contributed by atoms with Crippen LogP contribution in [-0.2, 0) is 9.59 Å². The Morgan fingerprint density at radius 2 is 1.36 bits per heavy atom. The molecular weight excluding hydrogens is 180 g/mol. The highest BCUT2D eigenvalue weighted by atomic mass is 16.2. The van der Waals surface area contributed by atoms with Crippen LogP contribution in [0.1, 0.15) is 34.6 Å². The summed E-state index contributed by atoms with van der Waals surface area (Å²) >= 11 is 0. The van der Waals surface area contributed by atoms with E-state index in [9.17, 15) is 9.59 Å². The van der Waals surface area contributed by atoms with E-state index in [1.165, 1.54) is 0 Å². The van der Waals surface area contributed by atoms with Crippen LogP contribution >= 0.6 is 0 Å². The maximum absolute atomic E-state index is 11.4. The summed E-state index contributed by atoms with van der Waals surface area (Å²) in [4.78, 5) is 22.6. The minimum absolute atomic E-state index is 0.0932. The summed E-state index contributed by atoms with van der Waals surface area (Å²) in [6.07, 6.45) is 0. The average Bonchev–Trinajstić information content (AvgIpc) is 2.02. The molecule has 2 N–H and O–H groups in total.